The molecule has 0 radical (unpaired) electrons. The molecule has 3 rings (SSSR count). The van der Waals surface area contributed by atoms with Crippen molar-refractivity contribution in [2.24, 2.45) is 5.92 Å². The summed E-state index contributed by atoms with van der Waals surface area (Å²) >= 11 is 5.89. The van der Waals surface area contributed by atoms with Crippen LogP contribution in [0.5, 0.6) is 0 Å². The second-order valence-electron chi connectivity index (χ2n) is 7.17. The van der Waals surface area contributed by atoms with Crippen molar-refractivity contribution in [3.05, 3.63) is 64.9 Å². The fourth-order valence-corrected chi connectivity index (χ4v) is 3.42. The zero-order valence-corrected chi connectivity index (χ0v) is 17.2. The summed E-state index contributed by atoms with van der Waals surface area (Å²) in [5, 5.41) is 2.54. The molecule has 0 saturated carbocycles. The van der Waals surface area contributed by atoms with Crippen molar-refractivity contribution < 1.29 is 23.5 Å². The lowest BCUT2D eigenvalue weighted by Gasteiger charge is -2.18. The number of hydrogen-bond acceptors (Lipinski definition) is 4. The minimum absolute atomic E-state index is 0.0392. The summed E-state index contributed by atoms with van der Waals surface area (Å²) in [4.78, 5) is 38.6. The Labute approximate surface area is 179 Å². The van der Waals surface area contributed by atoms with Crippen LogP contribution in [0, 0.1) is 11.7 Å². The lowest BCUT2D eigenvalue weighted by molar-refractivity contribution is -0.157. The van der Waals surface area contributed by atoms with Crippen LogP contribution in [0.15, 0.2) is 48.5 Å². The Hall–Kier alpha value is -2.93. The first kappa shape index (κ1) is 21.8. The third-order valence-electron chi connectivity index (χ3n) is 4.91. The van der Waals surface area contributed by atoms with Crippen LogP contribution in [0.1, 0.15) is 18.9 Å². The summed E-state index contributed by atoms with van der Waals surface area (Å²) in [6.07, 6.45) is -0.329. The van der Waals surface area contributed by atoms with E-state index in [1.165, 1.54) is 13.0 Å². The molecule has 2 atom stereocenters. The lowest BCUT2D eigenvalue weighted by Crippen LogP contribution is -2.33. The van der Waals surface area contributed by atoms with Gasteiger partial charge >= 0.3 is 5.97 Å². The minimum atomic E-state index is -1.09. The molecule has 30 heavy (non-hydrogen) atoms. The zero-order valence-electron chi connectivity index (χ0n) is 16.4. The van der Waals surface area contributed by atoms with E-state index in [-0.39, 0.29) is 29.6 Å². The Morgan fingerprint density at radius 2 is 2.00 bits per heavy atom. The molecule has 0 spiro atoms. The topological polar surface area (TPSA) is 75.7 Å². The summed E-state index contributed by atoms with van der Waals surface area (Å²) in [6, 6.07) is 13.3. The third-order valence-corrected chi connectivity index (χ3v) is 5.22. The number of esters is 1. The molecule has 8 heteroatoms. The first-order chi connectivity index (χ1) is 14.3. The molecule has 6 nitrogen and oxygen atoms in total. The van der Waals surface area contributed by atoms with E-state index in [9.17, 15) is 18.8 Å². The van der Waals surface area contributed by atoms with Crippen LogP contribution in [0.25, 0.3) is 0 Å². The molecule has 1 aliphatic rings. The average molecular weight is 433 g/mol. The van der Waals surface area contributed by atoms with E-state index in [1.807, 2.05) is 30.3 Å². The van der Waals surface area contributed by atoms with Gasteiger partial charge in [0.1, 0.15) is 5.82 Å². The number of nitrogens with one attached hydrogen (secondary N) is 1. The molecule has 1 heterocycles. The maximum Gasteiger partial charge on any atom is 0.312 e. The Bertz CT molecular complexity index is 938. The number of nitrogens with zero attached hydrogens (tertiary/aromatic N) is 1. The number of rotatable bonds is 7. The van der Waals surface area contributed by atoms with Crippen LogP contribution in [-0.2, 0) is 25.5 Å². The SMILES string of the molecule is CC(OC(=O)C1CC(=O)N(CCc2ccccc2)C1)C(=O)Nc1ccc(F)cc1Cl. The number of likely N-dealkylation sites (tertiary alicyclic amines) is 1. The molecular weight excluding hydrogens is 411 g/mol. The predicted octanol–water partition coefficient (Wildman–Crippen LogP) is 3.44. The van der Waals surface area contributed by atoms with Crippen molar-refractivity contribution in [2.75, 3.05) is 18.4 Å². The monoisotopic (exact) mass is 432 g/mol. The second-order valence-corrected chi connectivity index (χ2v) is 7.58. The molecule has 2 amide bonds. The Morgan fingerprint density at radius 1 is 1.27 bits per heavy atom. The molecule has 158 valence electrons. The molecule has 1 aliphatic heterocycles. The van der Waals surface area contributed by atoms with Gasteiger partial charge in [-0.15, -0.1) is 0 Å². The Balaban J connectivity index is 1.50. The highest BCUT2D eigenvalue weighted by Crippen LogP contribution is 2.23. The summed E-state index contributed by atoms with van der Waals surface area (Å²) in [6.45, 7) is 2.21. The van der Waals surface area contributed by atoms with E-state index < -0.39 is 29.7 Å². The van der Waals surface area contributed by atoms with E-state index >= 15 is 0 Å². The average Bonchev–Trinajstić information content (AvgIpc) is 3.10. The Kier molecular flexibility index (Phi) is 7.05. The van der Waals surface area contributed by atoms with Gasteiger partial charge in [-0.25, -0.2) is 4.39 Å². The van der Waals surface area contributed by atoms with Gasteiger partial charge in [0, 0.05) is 19.5 Å². The van der Waals surface area contributed by atoms with Gasteiger partial charge in [-0.3, -0.25) is 14.4 Å². The highest BCUT2D eigenvalue weighted by molar-refractivity contribution is 6.33. The zero-order chi connectivity index (χ0) is 21.7. The van der Waals surface area contributed by atoms with Gasteiger partial charge in [0.15, 0.2) is 6.10 Å². The largest absolute Gasteiger partial charge is 0.452 e. The molecule has 2 aromatic rings. The van der Waals surface area contributed by atoms with Crippen molar-refractivity contribution in [1.82, 2.24) is 4.90 Å². The number of carbonyl (C=O) groups is 3. The summed E-state index contributed by atoms with van der Waals surface area (Å²) < 4.78 is 18.3. The number of halogens is 2. The fraction of sp³-hybridized carbons (Fsp3) is 0.318. The van der Waals surface area contributed by atoms with E-state index in [0.29, 0.717) is 13.0 Å². The lowest BCUT2D eigenvalue weighted by atomic mass is 10.1. The molecule has 1 N–H and O–H groups in total. The number of hydrogen-bond donors (Lipinski definition) is 1. The summed E-state index contributed by atoms with van der Waals surface area (Å²) in [5.74, 6) is -2.44. The molecule has 0 aliphatic carbocycles. The van der Waals surface area contributed by atoms with Crippen molar-refractivity contribution >= 4 is 35.1 Å². The molecule has 2 aromatic carbocycles. The summed E-state index contributed by atoms with van der Waals surface area (Å²) in [7, 11) is 0. The van der Waals surface area contributed by atoms with Gasteiger partial charge in [-0.05, 0) is 37.1 Å². The standard InChI is InChI=1S/C22H22ClFN2O4/c1-14(21(28)25-19-8-7-17(24)12-18(19)23)30-22(29)16-11-20(27)26(13-16)10-9-15-5-3-2-4-6-15/h2-8,12,14,16H,9-11,13H2,1H3,(H,25,28). The van der Waals surface area contributed by atoms with Crippen LogP contribution >= 0.6 is 11.6 Å². The first-order valence-electron chi connectivity index (χ1n) is 9.61. The summed E-state index contributed by atoms with van der Waals surface area (Å²) in [5.41, 5.74) is 1.33. The van der Waals surface area contributed by atoms with Crippen molar-refractivity contribution in [3.8, 4) is 0 Å². The van der Waals surface area contributed by atoms with E-state index in [4.69, 9.17) is 16.3 Å². The number of anilines is 1. The van der Waals surface area contributed by atoms with Gasteiger partial charge in [-0.2, -0.15) is 0 Å². The predicted molar refractivity (Wildman–Crippen MR) is 110 cm³/mol. The maximum absolute atomic E-state index is 13.1. The van der Waals surface area contributed by atoms with Crippen LogP contribution in [-0.4, -0.2) is 41.9 Å². The van der Waals surface area contributed by atoms with Crippen LogP contribution < -0.4 is 5.32 Å². The number of benzene rings is 2. The number of carbonyl (C=O) groups excluding carboxylic acids is 3. The minimum Gasteiger partial charge on any atom is -0.452 e. The van der Waals surface area contributed by atoms with Gasteiger partial charge in [-0.1, -0.05) is 41.9 Å². The van der Waals surface area contributed by atoms with E-state index in [2.05, 4.69) is 5.32 Å². The smallest absolute Gasteiger partial charge is 0.312 e. The molecular formula is C22H22ClFN2O4. The third kappa shape index (κ3) is 5.57. The second kappa shape index (κ2) is 9.71. The number of ether oxygens (including phenoxy) is 1. The van der Waals surface area contributed by atoms with E-state index in [1.54, 1.807) is 4.90 Å². The highest BCUT2D eigenvalue weighted by atomic mass is 35.5. The number of amides is 2. The molecule has 1 fully saturated rings. The molecule has 0 aromatic heterocycles. The highest BCUT2D eigenvalue weighted by Gasteiger charge is 2.36. The maximum atomic E-state index is 13.1. The van der Waals surface area contributed by atoms with Crippen molar-refractivity contribution in [1.29, 1.82) is 0 Å². The molecule has 1 saturated heterocycles. The van der Waals surface area contributed by atoms with Crippen LogP contribution in [0.4, 0.5) is 10.1 Å². The van der Waals surface area contributed by atoms with Gasteiger partial charge in [0.05, 0.1) is 16.6 Å². The van der Waals surface area contributed by atoms with Crippen molar-refractivity contribution in [3.63, 3.8) is 0 Å². The molecule has 2 unspecified atom stereocenters. The van der Waals surface area contributed by atoms with Crippen LogP contribution in [0.3, 0.4) is 0 Å². The van der Waals surface area contributed by atoms with Crippen LogP contribution in [0.2, 0.25) is 5.02 Å². The van der Waals surface area contributed by atoms with Crippen molar-refractivity contribution in [2.45, 2.75) is 25.9 Å². The van der Waals surface area contributed by atoms with E-state index in [0.717, 1.165) is 17.7 Å². The Morgan fingerprint density at radius 3 is 2.70 bits per heavy atom. The van der Waals surface area contributed by atoms with Gasteiger partial charge in [0.25, 0.3) is 5.91 Å². The quantitative estimate of drug-likeness (QED) is 0.680. The van der Waals surface area contributed by atoms with Gasteiger partial charge < -0.3 is 15.0 Å². The van der Waals surface area contributed by atoms with Gasteiger partial charge in [0.2, 0.25) is 5.91 Å². The molecule has 0 bridgehead atoms. The normalized spacial score (nSPS) is 17.0. The first-order valence-corrected chi connectivity index (χ1v) is 9.99. The fourth-order valence-electron chi connectivity index (χ4n) is 3.20.